The second-order valence-electron chi connectivity index (χ2n) is 10.8. The Bertz CT molecular complexity index is 958. The number of nitrogens with one attached hydrogen (secondary N) is 2. The van der Waals surface area contributed by atoms with E-state index in [4.69, 9.17) is 18.9 Å². The van der Waals surface area contributed by atoms with Gasteiger partial charge in [-0.15, -0.1) is 23.5 Å². The van der Waals surface area contributed by atoms with E-state index in [1.54, 1.807) is 41.5 Å². The Kier molecular flexibility index (Phi) is 14.0. The first-order chi connectivity index (χ1) is 18.9. The molecule has 0 saturated heterocycles. The summed E-state index contributed by atoms with van der Waals surface area (Å²) < 4.78 is 20.0. The van der Waals surface area contributed by atoms with E-state index in [-0.39, 0.29) is 27.9 Å². The number of alkyl carbamates (subject to hydrolysis) is 2. The minimum atomic E-state index is -1.19. The highest BCUT2D eigenvalue weighted by atomic mass is 32.2. The third-order valence-electron chi connectivity index (χ3n) is 4.96. The zero-order valence-corrected chi connectivity index (χ0v) is 26.7. The van der Waals surface area contributed by atoms with Crippen molar-refractivity contribution in [2.45, 2.75) is 84.6 Å². The largest absolute Gasteiger partial charge is 0.467 e. The Morgan fingerprint density at radius 3 is 1.41 bits per heavy atom. The molecule has 1 rings (SSSR count). The van der Waals surface area contributed by atoms with Crippen molar-refractivity contribution in [3.05, 3.63) is 9.81 Å². The Hall–Kier alpha value is -2.94. The van der Waals surface area contributed by atoms with E-state index in [1.165, 1.54) is 0 Å². The molecule has 41 heavy (non-hydrogen) atoms. The van der Waals surface area contributed by atoms with Gasteiger partial charge in [0.2, 0.25) is 0 Å². The van der Waals surface area contributed by atoms with Crippen LogP contribution in [0.5, 0.6) is 0 Å². The molecule has 0 bridgehead atoms. The molecule has 1 heterocycles. The van der Waals surface area contributed by atoms with Crippen LogP contribution in [0.15, 0.2) is 9.81 Å². The van der Waals surface area contributed by atoms with Crippen molar-refractivity contribution < 1.29 is 47.7 Å². The lowest BCUT2D eigenvalue weighted by Crippen LogP contribution is -2.45. The van der Waals surface area contributed by atoms with Gasteiger partial charge in [0.1, 0.15) is 23.3 Å². The SMILES string of the molecule is CCCCN1C(=O)C(SC[C@H](NC(=O)OC(C)(C)C)C(=O)OC)=C(SC[C@H](NC(=O)OC(C)(C)C)C(=O)OC)C1=O. The normalized spacial score (nSPS) is 15.3. The van der Waals surface area contributed by atoms with Gasteiger partial charge in [0.25, 0.3) is 11.8 Å². The highest BCUT2D eigenvalue weighted by molar-refractivity contribution is 8.08. The first-order valence-corrected chi connectivity index (χ1v) is 14.9. The van der Waals surface area contributed by atoms with Gasteiger partial charge < -0.3 is 29.6 Å². The standard InChI is InChI=1S/C26H41N3O10S2/c1-10-11-12-29-19(30)17(40-13-15(21(32)36-8)27-23(34)38-25(2,3)4)18(20(29)31)41-14-16(22(33)37-9)28-24(35)39-26(5,6)7/h15-16H,10-14H2,1-9H3,(H,27,34)(H,28,35)/t15-,16-/m0/s1. The predicted molar refractivity (Wildman–Crippen MR) is 154 cm³/mol. The van der Waals surface area contributed by atoms with Crippen LogP contribution in [0.2, 0.25) is 0 Å². The second kappa shape index (κ2) is 15.9. The van der Waals surface area contributed by atoms with Crippen LogP contribution in [0, 0.1) is 0 Å². The zero-order valence-electron chi connectivity index (χ0n) is 25.0. The number of nitrogens with zero attached hydrogens (tertiary/aromatic N) is 1. The Balaban J connectivity index is 3.23. The van der Waals surface area contributed by atoms with Gasteiger partial charge in [0.15, 0.2) is 0 Å². The zero-order chi connectivity index (χ0) is 31.5. The number of carbonyl (C=O) groups is 6. The first kappa shape index (κ1) is 36.1. The number of amides is 4. The molecule has 232 valence electrons. The van der Waals surface area contributed by atoms with Crippen molar-refractivity contribution in [1.82, 2.24) is 15.5 Å². The van der Waals surface area contributed by atoms with Gasteiger partial charge in [-0.2, -0.15) is 0 Å². The van der Waals surface area contributed by atoms with E-state index >= 15 is 0 Å². The molecule has 0 spiro atoms. The second-order valence-corrected chi connectivity index (χ2v) is 12.9. The summed E-state index contributed by atoms with van der Waals surface area (Å²) in [5.74, 6) is -2.97. The van der Waals surface area contributed by atoms with Crippen LogP contribution < -0.4 is 10.6 Å². The number of rotatable bonds is 13. The van der Waals surface area contributed by atoms with Crippen molar-refractivity contribution in [2.24, 2.45) is 0 Å². The highest BCUT2D eigenvalue weighted by Crippen LogP contribution is 2.37. The molecule has 2 N–H and O–H groups in total. The minimum absolute atomic E-state index is 0.0388. The summed E-state index contributed by atoms with van der Waals surface area (Å²) >= 11 is 1.78. The Labute approximate surface area is 249 Å². The van der Waals surface area contributed by atoms with Crippen LogP contribution in [0.4, 0.5) is 9.59 Å². The number of unbranched alkanes of at least 4 members (excludes halogenated alkanes) is 1. The quantitative estimate of drug-likeness (QED) is 0.176. The van der Waals surface area contributed by atoms with E-state index in [0.717, 1.165) is 49.1 Å². The molecule has 2 atom stereocenters. The van der Waals surface area contributed by atoms with Crippen molar-refractivity contribution >= 4 is 59.5 Å². The van der Waals surface area contributed by atoms with Crippen LogP contribution in [0.25, 0.3) is 0 Å². The molecule has 0 saturated carbocycles. The van der Waals surface area contributed by atoms with Crippen molar-refractivity contribution in [3.8, 4) is 0 Å². The number of hydrogen-bond donors (Lipinski definition) is 2. The monoisotopic (exact) mass is 619 g/mol. The fourth-order valence-corrected chi connectivity index (χ4v) is 5.52. The third kappa shape index (κ3) is 12.2. The molecule has 13 nitrogen and oxygen atoms in total. The first-order valence-electron chi connectivity index (χ1n) is 12.9. The number of thioether (sulfide) groups is 2. The van der Waals surface area contributed by atoms with Crippen molar-refractivity contribution in [3.63, 3.8) is 0 Å². The molecular weight excluding hydrogens is 578 g/mol. The number of methoxy groups -OCH3 is 2. The molecular formula is C26H41N3O10S2. The fourth-order valence-electron chi connectivity index (χ4n) is 3.16. The van der Waals surface area contributed by atoms with Gasteiger partial charge in [0, 0.05) is 18.1 Å². The van der Waals surface area contributed by atoms with Crippen LogP contribution in [-0.2, 0) is 38.1 Å². The minimum Gasteiger partial charge on any atom is -0.467 e. The molecule has 4 amide bonds. The summed E-state index contributed by atoms with van der Waals surface area (Å²) in [7, 11) is 2.30. The van der Waals surface area contributed by atoms with Gasteiger partial charge in [-0.3, -0.25) is 14.5 Å². The summed E-state index contributed by atoms with van der Waals surface area (Å²) in [5, 5.41) is 4.86. The lowest BCUT2D eigenvalue weighted by atomic mass is 10.2. The van der Waals surface area contributed by atoms with E-state index in [9.17, 15) is 28.8 Å². The molecule has 0 unspecified atom stereocenters. The van der Waals surface area contributed by atoms with Crippen LogP contribution >= 0.6 is 23.5 Å². The number of imide groups is 1. The fraction of sp³-hybridized carbons (Fsp3) is 0.692. The van der Waals surface area contributed by atoms with Crippen LogP contribution in [-0.4, -0.2) is 96.4 Å². The maximum absolute atomic E-state index is 13.3. The van der Waals surface area contributed by atoms with E-state index < -0.39 is 59.2 Å². The molecule has 1 aliphatic heterocycles. The van der Waals surface area contributed by atoms with E-state index in [0.29, 0.717) is 6.42 Å². The number of hydrogen-bond acceptors (Lipinski definition) is 12. The molecule has 0 aliphatic carbocycles. The van der Waals surface area contributed by atoms with Gasteiger partial charge >= 0.3 is 24.1 Å². The number of esters is 2. The Morgan fingerprint density at radius 2 is 1.12 bits per heavy atom. The summed E-state index contributed by atoms with van der Waals surface area (Å²) in [6, 6.07) is -2.38. The van der Waals surface area contributed by atoms with Crippen molar-refractivity contribution in [1.29, 1.82) is 0 Å². The average molecular weight is 620 g/mol. The maximum Gasteiger partial charge on any atom is 0.408 e. The van der Waals surface area contributed by atoms with Gasteiger partial charge in [-0.25, -0.2) is 19.2 Å². The van der Waals surface area contributed by atoms with E-state index in [1.807, 2.05) is 6.92 Å². The van der Waals surface area contributed by atoms with E-state index in [2.05, 4.69) is 10.6 Å². The summed E-state index contributed by atoms with van der Waals surface area (Å²) in [6.45, 7) is 12.1. The van der Waals surface area contributed by atoms with Gasteiger partial charge in [-0.1, -0.05) is 13.3 Å². The van der Waals surface area contributed by atoms with Gasteiger partial charge in [-0.05, 0) is 48.0 Å². The van der Waals surface area contributed by atoms with Gasteiger partial charge in [0.05, 0.1) is 24.0 Å². The average Bonchev–Trinajstić information content (AvgIpc) is 3.07. The maximum atomic E-state index is 13.3. The summed E-state index contributed by atoms with van der Waals surface area (Å²) in [4.78, 5) is 77.1. The third-order valence-corrected chi connectivity index (χ3v) is 7.43. The molecule has 15 heteroatoms. The highest BCUT2D eigenvalue weighted by Gasteiger charge is 2.40. The topological polar surface area (TPSA) is 167 Å². The molecule has 0 fully saturated rings. The molecule has 0 aromatic carbocycles. The summed E-state index contributed by atoms with van der Waals surface area (Å²) in [5.41, 5.74) is -1.64. The summed E-state index contributed by atoms with van der Waals surface area (Å²) in [6.07, 6.45) is -0.408. The van der Waals surface area contributed by atoms with Crippen molar-refractivity contribution in [2.75, 3.05) is 32.3 Å². The smallest absolute Gasteiger partial charge is 0.408 e. The van der Waals surface area contributed by atoms with Crippen LogP contribution in [0.1, 0.15) is 61.3 Å². The molecule has 0 aromatic heterocycles. The Morgan fingerprint density at radius 1 is 0.756 bits per heavy atom. The number of carbonyl (C=O) groups excluding carboxylic acids is 6. The molecule has 1 aliphatic rings. The predicted octanol–water partition coefficient (Wildman–Crippen LogP) is 2.97. The lowest BCUT2D eigenvalue weighted by Gasteiger charge is -2.23. The number of ether oxygens (including phenoxy) is 4. The molecule has 0 radical (unpaired) electrons. The van der Waals surface area contributed by atoms with Crippen LogP contribution in [0.3, 0.4) is 0 Å². The molecule has 0 aromatic rings. The lowest BCUT2D eigenvalue weighted by molar-refractivity contribution is -0.143.